The van der Waals surface area contributed by atoms with Gasteiger partial charge in [0.05, 0.1) is 6.42 Å². The molecule has 2 amide bonds. The fourth-order valence-electron chi connectivity index (χ4n) is 4.42. The topological polar surface area (TPSA) is 117 Å². The van der Waals surface area contributed by atoms with E-state index < -0.39 is 42.8 Å². The Morgan fingerprint density at radius 2 is 1.91 bits per heavy atom. The number of rotatable bonds is 9. The van der Waals surface area contributed by atoms with Crippen LogP contribution in [-0.2, 0) is 20.9 Å². The van der Waals surface area contributed by atoms with Gasteiger partial charge >= 0.3 is 5.97 Å². The van der Waals surface area contributed by atoms with Gasteiger partial charge in [-0.2, -0.15) is 0 Å². The molecule has 2 atom stereocenters. The van der Waals surface area contributed by atoms with Crippen LogP contribution in [0.15, 0.2) is 54.9 Å². The maximum absolute atomic E-state index is 13.3. The maximum atomic E-state index is 13.3. The summed E-state index contributed by atoms with van der Waals surface area (Å²) in [6, 6.07) is 10.9. The van der Waals surface area contributed by atoms with E-state index in [0.29, 0.717) is 5.56 Å². The van der Waals surface area contributed by atoms with Crippen LogP contribution < -0.4 is 5.32 Å². The molecule has 1 aliphatic rings. The number of carbonyl (C=O) groups is 4. The summed E-state index contributed by atoms with van der Waals surface area (Å²) in [7, 11) is 0. The minimum absolute atomic E-state index is 0.189. The van der Waals surface area contributed by atoms with E-state index in [9.17, 15) is 23.6 Å². The fourth-order valence-corrected chi connectivity index (χ4v) is 4.42. The number of aliphatic carboxylic acids is 1. The number of halogens is 1. The van der Waals surface area contributed by atoms with E-state index in [1.165, 1.54) is 4.90 Å². The van der Waals surface area contributed by atoms with Crippen LogP contribution in [0.3, 0.4) is 0 Å². The van der Waals surface area contributed by atoms with Gasteiger partial charge in [0.25, 0.3) is 5.91 Å². The van der Waals surface area contributed by atoms with E-state index in [0.717, 1.165) is 27.5 Å². The van der Waals surface area contributed by atoms with Crippen molar-refractivity contribution in [3.8, 4) is 11.1 Å². The Hall–Kier alpha value is -4.14. The average molecular weight is 477 g/mol. The van der Waals surface area contributed by atoms with Crippen LogP contribution in [0.4, 0.5) is 4.39 Å². The van der Waals surface area contributed by atoms with Crippen molar-refractivity contribution in [3.05, 3.63) is 66.0 Å². The molecule has 0 saturated heterocycles. The molecule has 0 fully saturated rings. The summed E-state index contributed by atoms with van der Waals surface area (Å²) in [6.07, 6.45) is 3.01. The number of pyridine rings is 1. The SMILES string of the molecule is CCC(C(=O)NC(CC(=O)O)C(=O)CF)N1Cc2ccc(-c3cncc4ccccc34)cc2C1=O. The Morgan fingerprint density at radius 3 is 2.63 bits per heavy atom. The summed E-state index contributed by atoms with van der Waals surface area (Å²) in [4.78, 5) is 54.8. The number of amides is 2. The molecule has 4 rings (SSSR count). The number of benzene rings is 2. The second-order valence-corrected chi connectivity index (χ2v) is 8.40. The van der Waals surface area contributed by atoms with Crippen molar-refractivity contribution in [2.75, 3.05) is 6.67 Å². The molecule has 1 aromatic heterocycles. The number of alkyl halides is 1. The number of aromatic nitrogens is 1. The van der Waals surface area contributed by atoms with Crippen LogP contribution in [0.2, 0.25) is 0 Å². The molecular weight excluding hydrogens is 453 g/mol. The first-order valence-electron chi connectivity index (χ1n) is 11.2. The van der Waals surface area contributed by atoms with Gasteiger partial charge in [0.1, 0.15) is 18.8 Å². The molecule has 9 heteroatoms. The summed E-state index contributed by atoms with van der Waals surface area (Å²) in [5, 5.41) is 13.3. The molecule has 1 aliphatic heterocycles. The zero-order valence-corrected chi connectivity index (χ0v) is 19.0. The summed E-state index contributed by atoms with van der Waals surface area (Å²) in [6.45, 7) is 0.501. The van der Waals surface area contributed by atoms with Gasteiger partial charge in [-0.1, -0.05) is 43.3 Å². The molecular formula is C26H24FN3O5. The van der Waals surface area contributed by atoms with E-state index >= 15 is 0 Å². The first-order valence-corrected chi connectivity index (χ1v) is 11.2. The van der Waals surface area contributed by atoms with E-state index in [1.54, 1.807) is 25.4 Å². The molecule has 180 valence electrons. The van der Waals surface area contributed by atoms with Crippen LogP contribution in [0, 0.1) is 0 Å². The van der Waals surface area contributed by atoms with Crippen molar-refractivity contribution < 1.29 is 28.7 Å². The molecule has 3 aromatic rings. The summed E-state index contributed by atoms with van der Waals surface area (Å²) >= 11 is 0. The zero-order chi connectivity index (χ0) is 25.1. The van der Waals surface area contributed by atoms with Crippen LogP contribution in [0.5, 0.6) is 0 Å². The summed E-state index contributed by atoms with van der Waals surface area (Å²) in [5.74, 6) is -3.41. The zero-order valence-electron chi connectivity index (χ0n) is 19.0. The lowest BCUT2D eigenvalue weighted by Crippen LogP contribution is -2.52. The number of Topliss-reactive ketones (excluding diaryl/α,β-unsaturated/α-hetero) is 1. The van der Waals surface area contributed by atoms with Gasteiger partial charge in [-0.3, -0.25) is 24.2 Å². The number of carboxylic acids is 1. The molecule has 0 bridgehead atoms. The molecule has 0 aliphatic carbocycles. The normalized spacial score (nSPS) is 14.5. The van der Waals surface area contributed by atoms with E-state index in [2.05, 4.69) is 10.3 Å². The van der Waals surface area contributed by atoms with Gasteiger partial charge in [0.2, 0.25) is 5.91 Å². The number of ketones is 1. The van der Waals surface area contributed by atoms with Gasteiger partial charge in [-0.05, 0) is 29.0 Å². The number of nitrogens with one attached hydrogen (secondary N) is 1. The lowest BCUT2D eigenvalue weighted by molar-refractivity contribution is -0.140. The van der Waals surface area contributed by atoms with Crippen LogP contribution >= 0.6 is 0 Å². The molecule has 2 unspecified atom stereocenters. The molecule has 0 spiro atoms. The van der Waals surface area contributed by atoms with Crippen molar-refractivity contribution in [2.45, 2.75) is 38.4 Å². The minimum Gasteiger partial charge on any atom is -0.481 e. The molecule has 35 heavy (non-hydrogen) atoms. The Kier molecular flexibility index (Phi) is 6.86. The number of carbonyl (C=O) groups excluding carboxylic acids is 3. The third-order valence-corrected chi connectivity index (χ3v) is 6.20. The Balaban J connectivity index is 1.59. The second-order valence-electron chi connectivity index (χ2n) is 8.40. The summed E-state index contributed by atoms with van der Waals surface area (Å²) in [5.41, 5.74) is 2.91. The number of hydrogen-bond acceptors (Lipinski definition) is 5. The lowest BCUT2D eigenvalue weighted by Gasteiger charge is -2.27. The number of fused-ring (bicyclic) bond motifs is 2. The van der Waals surface area contributed by atoms with Crippen LogP contribution in [0.25, 0.3) is 21.9 Å². The van der Waals surface area contributed by atoms with Crippen molar-refractivity contribution in [1.29, 1.82) is 0 Å². The molecule has 0 saturated carbocycles. The predicted molar refractivity (Wildman–Crippen MR) is 126 cm³/mol. The number of hydrogen-bond donors (Lipinski definition) is 2. The first kappa shape index (κ1) is 24.0. The van der Waals surface area contributed by atoms with Gasteiger partial charge in [-0.25, -0.2) is 4.39 Å². The third-order valence-electron chi connectivity index (χ3n) is 6.20. The molecule has 2 heterocycles. The van der Waals surface area contributed by atoms with Gasteiger partial charge in [0.15, 0.2) is 5.78 Å². The average Bonchev–Trinajstić information content (AvgIpc) is 3.18. The van der Waals surface area contributed by atoms with Crippen LogP contribution in [0.1, 0.15) is 35.7 Å². The first-order chi connectivity index (χ1) is 16.8. The highest BCUT2D eigenvalue weighted by molar-refractivity contribution is 6.04. The smallest absolute Gasteiger partial charge is 0.305 e. The monoisotopic (exact) mass is 477 g/mol. The quantitative estimate of drug-likeness (QED) is 0.489. The third kappa shape index (κ3) is 4.75. The lowest BCUT2D eigenvalue weighted by atomic mass is 9.98. The van der Waals surface area contributed by atoms with Crippen molar-refractivity contribution in [3.63, 3.8) is 0 Å². The highest BCUT2D eigenvalue weighted by Crippen LogP contribution is 2.33. The van der Waals surface area contributed by atoms with Gasteiger partial charge in [-0.15, -0.1) is 0 Å². The molecule has 2 N–H and O–H groups in total. The van der Waals surface area contributed by atoms with Crippen LogP contribution in [-0.4, -0.2) is 57.3 Å². The number of carboxylic acid groups (broad SMARTS) is 1. The molecule has 0 radical (unpaired) electrons. The Morgan fingerprint density at radius 1 is 1.14 bits per heavy atom. The van der Waals surface area contributed by atoms with Crippen molar-refractivity contribution in [2.24, 2.45) is 0 Å². The predicted octanol–water partition coefficient (Wildman–Crippen LogP) is 3.13. The van der Waals surface area contributed by atoms with E-state index in [4.69, 9.17) is 5.11 Å². The number of nitrogens with zero attached hydrogens (tertiary/aromatic N) is 2. The van der Waals surface area contributed by atoms with Gasteiger partial charge in [0, 0.05) is 35.5 Å². The summed E-state index contributed by atoms with van der Waals surface area (Å²) < 4.78 is 12.9. The minimum atomic E-state index is -1.50. The Bertz CT molecular complexity index is 1320. The van der Waals surface area contributed by atoms with E-state index in [1.807, 2.05) is 36.4 Å². The van der Waals surface area contributed by atoms with Gasteiger partial charge < -0.3 is 15.3 Å². The fraction of sp³-hybridized carbons (Fsp3) is 0.269. The highest BCUT2D eigenvalue weighted by atomic mass is 19.1. The standard InChI is InChI=1S/C26H24FN3O5/c1-2-22(25(34)29-21(10-24(32)33)23(31)11-27)30-14-17-8-7-15(9-19(17)26(30)35)20-13-28-12-16-5-3-4-6-18(16)20/h3-9,12-13,21-22H,2,10-11,14H2,1H3,(H,29,34)(H,32,33). The Labute approximate surface area is 200 Å². The molecule has 8 nitrogen and oxygen atoms in total. The largest absolute Gasteiger partial charge is 0.481 e. The second kappa shape index (κ2) is 10.0. The van der Waals surface area contributed by atoms with Crippen molar-refractivity contribution >= 4 is 34.3 Å². The van der Waals surface area contributed by atoms with E-state index in [-0.39, 0.29) is 18.9 Å². The highest BCUT2D eigenvalue weighted by Gasteiger charge is 2.37. The maximum Gasteiger partial charge on any atom is 0.305 e. The van der Waals surface area contributed by atoms with Crippen molar-refractivity contribution in [1.82, 2.24) is 15.2 Å². The molecule has 2 aromatic carbocycles.